The van der Waals surface area contributed by atoms with Crippen LogP contribution in [0.1, 0.15) is 19.8 Å². The minimum Gasteiger partial charge on any atom is -0.481 e. The fourth-order valence-electron chi connectivity index (χ4n) is 3.24. The van der Waals surface area contributed by atoms with Gasteiger partial charge in [-0.15, -0.1) is 0 Å². The zero-order valence-corrected chi connectivity index (χ0v) is 13.1. The lowest BCUT2D eigenvalue weighted by Crippen LogP contribution is -2.54. The Kier molecular flexibility index (Phi) is 4.36. The second-order valence-electron chi connectivity index (χ2n) is 5.83. The lowest BCUT2D eigenvalue weighted by Gasteiger charge is -2.38. The van der Waals surface area contributed by atoms with E-state index in [9.17, 15) is 4.79 Å². The number of piperazine rings is 1. The highest BCUT2D eigenvalue weighted by Crippen LogP contribution is 2.23. The Morgan fingerprint density at radius 2 is 2.24 bits per heavy atom. The van der Waals surface area contributed by atoms with Gasteiger partial charge in [0.2, 0.25) is 0 Å². The van der Waals surface area contributed by atoms with E-state index in [1.807, 2.05) is 24.0 Å². The van der Waals surface area contributed by atoms with Gasteiger partial charge in [-0.25, -0.2) is 0 Å². The normalized spacial score (nSPS) is 23.7. The van der Waals surface area contributed by atoms with Gasteiger partial charge >= 0.3 is 0 Å². The third-order valence-electron chi connectivity index (χ3n) is 4.36. The van der Waals surface area contributed by atoms with Crippen LogP contribution in [-0.2, 0) is 4.79 Å². The van der Waals surface area contributed by atoms with E-state index in [1.54, 1.807) is 12.1 Å². The summed E-state index contributed by atoms with van der Waals surface area (Å²) in [4.78, 5) is 17.0. The molecule has 2 aliphatic rings. The largest absolute Gasteiger partial charge is 0.481 e. The molecule has 0 aliphatic carbocycles. The fraction of sp³-hybridized carbons (Fsp3) is 0.562. The smallest absolute Gasteiger partial charge is 0.263 e. The average Bonchev–Trinajstić information content (AvgIpc) is 2.93. The maximum absolute atomic E-state index is 12.5. The first kappa shape index (κ1) is 14.7. The minimum atomic E-state index is -0.476. The monoisotopic (exact) mass is 308 g/mol. The summed E-state index contributed by atoms with van der Waals surface area (Å²) in [6.45, 7) is 5.62. The number of hydrogen-bond donors (Lipinski definition) is 0. The molecule has 2 heterocycles. The molecule has 1 aromatic carbocycles. The first-order valence-corrected chi connectivity index (χ1v) is 7.96. The van der Waals surface area contributed by atoms with E-state index in [-0.39, 0.29) is 5.91 Å². The van der Waals surface area contributed by atoms with Crippen LogP contribution in [0.15, 0.2) is 24.3 Å². The number of carbonyl (C=O) groups is 1. The number of halogens is 1. The van der Waals surface area contributed by atoms with Crippen molar-refractivity contribution in [3.05, 3.63) is 29.3 Å². The molecule has 0 bridgehead atoms. The highest BCUT2D eigenvalue weighted by atomic mass is 35.5. The number of fused-ring (bicyclic) bond motifs is 1. The summed E-state index contributed by atoms with van der Waals surface area (Å²) in [5, 5.41) is 0.617. The Morgan fingerprint density at radius 1 is 1.38 bits per heavy atom. The van der Waals surface area contributed by atoms with Crippen LogP contribution >= 0.6 is 11.6 Å². The standard InChI is InChI=1S/C16H21ClN2O2/c1-12(21-15-6-2-4-13(17)10-15)16(20)19-9-8-18-7-3-5-14(18)11-19/h2,4,6,10,12,14H,3,5,7-9,11H2,1H3/t12-,14+/m1/s1. The van der Waals surface area contributed by atoms with Crippen molar-refractivity contribution in [1.82, 2.24) is 9.80 Å². The Morgan fingerprint density at radius 3 is 3.05 bits per heavy atom. The van der Waals surface area contributed by atoms with Crippen LogP contribution in [0.2, 0.25) is 5.02 Å². The van der Waals surface area contributed by atoms with Crippen molar-refractivity contribution < 1.29 is 9.53 Å². The molecular formula is C16H21ClN2O2. The number of hydrogen-bond acceptors (Lipinski definition) is 3. The number of carbonyl (C=O) groups excluding carboxylic acids is 1. The van der Waals surface area contributed by atoms with Gasteiger partial charge in [-0.2, -0.15) is 0 Å². The van der Waals surface area contributed by atoms with Crippen molar-refractivity contribution in [1.29, 1.82) is 0 Å². The Bertz CT molecular complexity index is 523. The van der Waals surface area contributed by atoms with Crippen LogP contribution in [-0.4, -0.2) is 54.0 Å². The molecule has 5 heteroatoms. The number of benzene rings is 1. The molecule has 1 amide bonds. The average molecular weight is 309 g/mol. The van der Waals surface area contributed by atoms with Gasteiger partial charge in [0.1, 0.15) is 5.75 Å². The molecule has 4 nitrogen and oxygen atoms in total. The summed E-state index contributed by atoms with van der Waals surface area (Å²) in [7, 11) is 0. The maximum atomic E-state index is 12.5. The minimum absolute atomic E-state index is 0.0709. The van der Waals surface area contributed by atoms with E-state index in [4.69, 9.17) is 16.3 Å². The lowest BCUT2D eigenvalue weighted by atomic mass is 10.1. The lowest BCUT2D eigenvalue weighted by molar-refractivity contribution is -0.140. The summed E-state index contributed by atoms with van der Waals surface area (Å²) in [5.41, 5.74) is 0. The van der Waals surface area contributed by atoms with E-state index in [1.165, 1.54) is 19.4 Å². The van der Waals surface area contributed by atoms with Crippen LogP contribution in [0.25, 0.3) is 0 Å². The SMILES string of the molecule is C[C@@H](Oc1cccc(Cl)c1)C(=O)N1CCN2CCC[C@H]2C1. The van der Waals surface area contributed by atoms with E-state index in [0.29, 0.717) is 16.8 Å². The second-order valence-corrected chi connectivity index (χ2v) is 6.27. The van der Waals surface area contributed by atoms with Crippen molar-refractivity contribution in [2.24, 2.45) is 0 Å². The van der Waals surface area contributed by atoms with E-state index in [0.717, 1.165) is 19.6 Å². The predicted molar refractivity (Wildman–Crippen MR) is 82.7 cm³/mol. The van der Waals surface area contributed by atoms with Crippen molar-refractivity contribution in [3.8, 4) is 5.75 Å². The van der Waals surface area contributed by atoms with Crippen molar-refractivity contribution in [2.45, 2.75) is 31.9 Å². The summed E-state index contributed by atoms with van der Waals surface area (Å²) in [5.74, 6) is 0.712. The Balaban J connectivity index is 1.59. The summed E-state index contributed by atoms with van der Waals surface area (Å²) in [6, 6.07) is 7.72. The van der Waals surface area contributed by atoms with E-state index >= 15 is 0 Å². The molecule has 0 aromatic heterocycles. The van der Waals surface area contributed by atoms with Gasteiger partial charge < -0.3 is 9.64 Å². The van der Waals surface area contributed by atoms with Gasteiger partial charge in [-0.3, -0.25) is 9.69 Å². The molecule has 2 aliphatic heterocycles. The van der Waals surface area contributed by atoms with E-state index in [2.05, 4.69) is 4.90 Å². The predicted octanol–water partition coefficient (Wildman–Crippen LogP) is 2.41. The van der Waals surface area contributed by atoms with Crippen molar-refractivity contribution >= 4 is 17.5 Å². The van der Waals surface area contributed by atoms with E-state index < -0.39 is 6.10 Å². The van der Waals surface area contributed by atoms with Gasteiger partial charge in [0.05, 0.1) is 0 Å². The topological polar surface area (TPSA) is 32.8 Å². The fourth-order valence-corrected chi connectivity index (χ4v) is 3.42. The number of rotatable bonds is 3. The highest BCUT2D eigenvalue weighted by molar-refractivity contribution is 6.30. The summed E-state index contributed by atoms with van der Waals surface area (Å²) >= 11 is 5.94. The zero-order chi connectivity index (χ0) is 14.8. The molecular weight excluding hydrogens is 288 g/mol. The van der Waals surface area contributed by atoms with Crippen molar-refractivity contribution in [3.63, 3.8) is 0 Å². The molecule has 0 radical (unpaired) electrons. The molecule has 2 fully saturated rings. The molecule has 114 valence electrons. The maximum Gasteiger partial charge on any atom is 0.263 e. The molecule has 21 heavy (non-hydrogen) atoms. The number of amides is 1. The summed E-state index contributed by atoms with van der Waals surface area (Å²) < 4.78 is 5.73. The quantitative estimate of drug-likeness (QED) is 0.859. The molecule has 0 N–H and O–H groups in total. The highest BCUT2D eigenvalue weighted by Gasteiger charge is 2.34. The molecule has 0 unspecified atom stereocenters. The van der Waals surface area contributed by atoms with Crippen molar-refractivity contribution in [2.75, 3.05) is 26.2 Å². The molecule has 2 saturated heterocycles. The van der Waals surface area contributed by atoms with Gasteiger partial charge in [0.15, 0.2) is 6.10 Å². The van der Waals surface area contributed by atoms with Crippen LogP contribution < -0.4 is 4.74 Å². The number of ether oxygens (including phenoxy) is 1. The second kappa shape index (κ2) is 6.24. The van der Waals surface area contributed by atoms with Gasteiger partial charge in [0, 0.05) is 30.7 Å². The van der Waals surface area contributed by atoms with Crippen LogP contribution in [0, 0.1) is 0 Å². The first-order valence-electron chi connectivity index (χ1n) is 7.58. The molecule has 0 saturated carbocycles. The molecule has 1 aromatic rings. The van der Waals surface area contributed by atoms with Crippen LogP contribution in [0.5, 0.6) is 5.75 Å². The Hall–Kier alpha value is -1.26. The van der Waals surface area contributed by atoms with Gasteiger partial charge in [-0.05, 0) is 44.5 Å². The van der Waals surface area contributed by atoms with Crippen LogP contribution in [0.3, 0.4) is 0 Å². The molecule has 0 spiro atoms. The van der Waals surface area contributed by atoms with Crippen LogP contribution in [0.4, 0.5) is 0 Å². The summed E-state index contributed by atoms with van der Waals surface area (Å²) in [6.07, 6.45) is 1.98. The number of nitrogens with zero attached hydrogens (tertiary/aromatic N) is 2. The molecule has 3 rings (SSSR count). The van der Waals surface area contributed by atoms with Gasteiger partial charge in [0.25, 0.3) is 5.91 Å². The molecule has 2 atom stereocenters. The third kappa shape index (κ3) is 3.33. The first-order chi connectivity index (χ1) is 10.1. The zero-order valence-electron chi connectivity index (χ0n) is 12.3. The van der Waals surface area contributed by atoms with Gasteiger partial charge in [-0.1, -0.05) is 17.7 Å². The Labute approximate surface area is 130 Å². The third-order valence-corrected chi connectivity index (χ3v) is 4.59.